The third-order valence-corrected chi connectivity index (χ3v) is 3.47. The van der Waals surface area contributed by atoms with E-state index in [1.807, 2.05) is 6.92 Å². The van der Waals surface area contributed by atoms with Crippen molar-refractivity contribution in [3.8, 4) is 0 Å². The predicted octanol–water partition coefficient (Wildman–Crippen LogP) is 4.46. The molecule has 2 rings (SSSR count). The Hall–Kier alpha value is -2.17. The molecule has 0 aliphatic heterocycles. The van der Waals surface area contributed by atoms with Crippen molar-refractivity contribution < 1.29 is 18.0 Å². The van der Waals surface area contributed by atoms with Crippen LogP contribution >= 0.6 is 0 Å². The molecule has 0 saturated heterocycles. The van der Waals surface area contributed by atoms with Crippen molar-refractivity contribution >= 4 is 5.78 Å². The highest BCUT2D eigenvalue weighted by atomic mass is 19.4. The molecule has 0 aliphatic carbocycles. The summed E-state index contributed by atoms with van der Waals surface area (Å²) < 4.78 is 39.5. The van der Waals surface area contributed by atoms with E-state index in [4.69, 9.17) is 0 Å². The minimum atomic E-state index is -4.38. The average Bonchev–Trinajstić information content (AvgIpc) is 2.47. The van der Waals surface area contributed by atoms with E-state index in [1.165, 1.54) is 31.3 Å². The van der Waals surface area contributed by atoms with E-state index in [0.29, 0.717) is 23.2 Å². The summed E-state index contributed by atoms with van der Waals surface area (Å²) in [5.41, 5.74) is 1.20. The Balaban J connectivity index is 2.34. The molecule has 22 heavy (non-hydrogen) atoms. The van der Waals surface area contributed by atoms with Crippen LogP contribution in [0, 0.1) is 0 Å². The first kappa shape index (κ1) is 16.2. The summed E-state index contributed by atoms with van der Waals surface area (Å²) in [4.78, 5) is 15.1. The van der Waals surface area contributed by atoms with E-state index in [-0.39, 0.29) is 17.8 Å². The summed E-state index contributed by atoms with van der Waals surface area (Å²) in [6.07, 6.45) is -2.25. The lowest BCUT2D eigenvalue weighted by molar-refractivity contribution is -0.138. The molecule has 2 nitrogen and oxygen atoms in total. The third-order valence-electron chi connectivity index (χ3n) is 3.47. The van der Waals surface area contributed by atoms with Crippen LogP contribution in [0.5, 0.6) is 0 Å². The topological polar surface area (TPSA) is 30.0 Å². The quantitative estimate of drug-likeness (QED) is 0.781. The highest BCUT2D eigenvalue weighted by molar-refractivity contribution is 5.91. The van der Waals surface area contributed by atoms with Gasteiger partial charge in [0.2, 0.25) is 0 Å². The number of carbonyl (C=O) groups excluding carboxylic acids is 1. The number of halogens is 3. The number of rotatable bonds is 4. The summed E-state index contributed by atoms with van der Waals surface area (Å²) in [5, 5.41) is 0. The van der Waals surface area contributed by atoms with Crippen molar-refractivity contribution in [3.63, 3.8) is 0 Å². The van der Waals surface area contributed by atoms with Gasteiger partial charge in [0.25, 0.3) is 0 Å². The smallest absolute Gasteiger partial charge is 0.293 e. The molecule has 0 aliphatic rings. The van der Waals surface area contributed by atoms with Crippen molar-refractivity contribution in [3.05, 3.63) is 64.5 Å². The number of pyridine rings is 1. The Kier molecular flexibility index (Phi) is 4.64. The van der Waals surface area contributed by atoms with E-state index < -0.39 is 11.7 Å². The van der Waals surface area contributed by atoms with Crippen molar-refractivity contribution in [2.75, 3.05) is 0 Å². The molecule has 2 aromatic rings. The normalized spacial score (nSPS) is 11.5. The van der Waals surface area contributed by atoms with Gasteiger partial charge in [0, 0.05) is 13.1 Å². The Morgan fingerprint density at radius 2 is 1.82 bits per heavy atom. The largest absolute Gasteiger partial charge is 0.416 e. The van der Waals surface area contributed by atoms with Crippen LogP contribution in [0.2, 0.25) is 0 Å². The van der Waals surface area contributed by atoms with Crippen LogP contribution in [0.4, 0.5) is 13.2 Å². The van der Waals surface area contributed by atoms with Gasteiger partial charge in [0.05, 0.1) is 5.56 Å². The summed E-state index contributed by atoms with van der Waals surface area (Å²) >= 11 is 0. The number of benzene rings is 1. The molecule has 0 amide bonds. The number of hydrogen-bond acceptors (Lipinski definition) is 2. The van der Waals surface area contributed by atoms with E-state index in [9.17, 15) is 18.0 Å². The molecule has 0 unspecified atom stereocenters. The van der Waals surface area contributed by atoms with Crippen LogP contribution in [-0.2, 0) is 19.0 Å². The van der Waals surface area contributed by atoms with E-state index in [0.717, 1.165) is 0 Å². The lowest BCUT2D eigenvalue weighted by Crippen LogP contribution is -2.10. The van der Waals surface area contributed by atoms with Crippen LogP contribution in [0.1, 0.15) is 46.6 Å². The summed E-state index contributed by atoms with van der Waals surface area (Å²) in [7, 11) is 0. The Morgan fingerprint density at radius 3 is 2.32 bits per heavy atom. The Bertz CT molecular complexity index is 675. The van der Waals surface area contributed by atoms with Crippen LogP contribution in [0.15, 0.2) is 36.5 Å². The molecular weight excluding hydrogens is 291 g/mol. The molecule has 1 heterocycles. The number of alkyl halides is 3. The Labute approximate surface area is 127 Å². The lowest BCUT2D eigenvalue weighted by atomic mass is 9.97. The number of aromatic nitrogens is 1. The SMILES string of the molecule is CCc1ccc(Cc2ccc(C(C)=O)nc2)c(C(F)(F)F)c1. The molecule has 0 spiro atoms. The van der Waals surface area contributed by atoms with Crippen LogP contribution in [-0.4, -0.2) is 10.8 Å². The predicted molar refractivity (Wildman–Crippen MR) is 77.9 cm³/mol. The maximum atomic E-state index is 13.2. The molecule has 0 atom stereocenters. The standard InChI is InChI=1S/C17H16F3NO/c1-3-12-4-6-14(15(9-12)17(18,19)20)8-13-5-7-16(11(2)22)21-10-13/h4-7,9-10H,3,8H2,1-2H3. The molecule has 0 fully saturated rings. The summed E-state index contributed by atoms with van der Waals surface area (Å²) in [6, 6.07) is 7.60. The molecule has 1 aromatic carbocycles. The second-order valence-electron chi connectivity index (χ2n) is 5.13. The maximum Gasteiger partial charge on any atom is 0.416 e. The number of aryl methyl sites for hydroxylation is 1. The van der Waals surface area contributed by atoms with Gasteiger partial charge < -0.3 is 0 Å². The molecule has 116 valence electrons. The molecular formula is C17H16F3NO. The van der Waals surface area contributed by atoms with Crippen molar-refractivity contribution in [1.29, 1.82) is 0 Å². The fraction of sp³-hybridized carbons (Fsp3) is 0.294. The van der Waals surface area contributed by atoms with Crippen LogP contribution in [0.3, 0.4) is 0 Å². The average molecular weight is 307 g/mol. The van der Waals surface area contributed by atoms with Gasteiger partial charge in [-0.15, -0.1) is 0 Å². The zero-order valence-electron chi connectivity index (χ0n) is 12.4. The molecule has 0 bridgehead atoms. The molecule has 5 heteroatoms. The van der Waals surface area contributed by atoms with E-state index in [2.05, 4.69) is 4.98 Å². The van der Waals surface area contributed by atoms with Crippen molar-refractivity contribution in [2.24, 2.45) is 0 Å². The monoisotopic (exact) mass is 307 g/mol. The van der Waals surface area contributed by atoms with Gasteiger partial charge in [-0.1, -0.05) is 25.1 Å². The summed E-state index contributed by atoms with van der Waals surface area (Å²) in [6.45, 7) is 3.22. The van der Waals surface area contributed by atoms with Gasteiger partial charge in [0.15, 0.2) is 5.78 Å². The van der Waals surface area contributed by atoms with Crippen molar-refractivity contribution in [2.45, 2.75) is 32.9 Å². The van der Waals surface area contributed by atoms with Gasteiger partial charge in [-0.05, 0) is 41.7 Å². The molecule has 1 aromatic heterocycles. The van der Waals surface area contributed by atoms with Crippen LogP contribution < -0.4 is 0 Å². The van der Waals surface area contributed by atoms with Crippen LogP contribution in [0.25, 0.3) is 0 Å². The van der Waals surface area contributed by atoms with Gasteiger partial charge in [-0.3, -0.25) is 9.78 Å². The number of hydrogen-bond donors (Lipinski definition) is 0. The number of Topliss-reactive ketones (excluding diaryl/α,β-unsaturated/α-hetero) is 1. The zero-order chi connectivity index (χ0) is 16.3. The second-order valence-corrected chi connectivity index (χ2v) is 5.13. The van der Waals surface area contributed by atoms with Gasteiger partial charge >= 0.3 is 6.18 Å². The fourth-order valence-electron chi connectivity index (χ4n) is 2.22. The molecule has 0 N–H and O–H groups in total. The summed E-state index contributed by atoms with van der Waals surface area (Å²) in [5.74, 6) is -0.171. The highest BCUT2D eigenvalue weighted by Crippen LogP contribution is 2.33. The highest BCUT2D eigenvalue weighted by Gasteiger charge is 2.33. The van der Waals surface area contributed by atoms with E-state index >= 15 is 0 Å². The molecule has 0 radical (unpaired) electrons. The number of nitrogens with zero attached hydrogens (tertiary/aromatic N) is 1. The second kappa shape index (κ2) is 6.30. The third kappa shape index (κ3) is 3.72. The van der Waals surface area contributed by atoms with Gasteiger partial charge in [-0.25, -0.2) is 0 Å². The molecule has 0 saturated carbocycles. The first-order valence-corrected chi connectivity index (χ1v) is 6.96. The number of ketones is 1. The lowest BCUT2D eigenvalue weighted by Gasteiger charge is -2.14. The van der Waals surface area contributed by atoms with Gasteiger partial charge in [0.1, 0.15) is 5.69 Å². The van der Waals surface area contributed by atoms with Gasteiger partial charge in [-0.2, -0.15) is 13.2 Å². The fourth-order valence-corrected chi connectivity index (χ4v) is 2.22. The maximum absolute atomic E-state index is 13.2. The zero-order valence-corrected chi connectivity index (χ0v) is 12.4. The van der Waals surface area contributed by atoms with E-state index in [1.54, 1.807) is 12.1 Å². The minimum Gasteiger partial charge on any atom is -0.293 e. The first-order chi connectivity index (χ1) is 10.3. The number of carbonyl (C=O) groups is 1. The Morgan fingerprint density at radius 1 is 1.14 bits per heavy atom. The first-order valence-electron chi connectivity index (χ1n) is 6.96. The minimum absolute atomic E-state index is 0.129. The van der Waals surface area contributed by atoms with Crippen molar-refractivity contribution in [1.82, 2.24) is 4.98 Å².